The van der Waals surface area contributed by atoms with Crippen LogP contribution in [0.5, 0.6) is 0 Å². The van der Waals surface area contributed by atoms with Gasteiger partial charge in [-0.05, 0) is 55.3 Å². The molecule has 0 atom stereocenters. The quantitative estimate of drug-likeness (QED) is 0.558. The largest absolute Gasteiger partial charge is 0.452 e. The van der Waals surface area contributed by atoms with E-state index in [2.05, 4.69) is 15.7 Å². The van der Waals surface area contributed by atoms with Gasteiger partial charge in [-0.2, -0.15) is 5.10 Å². The third kappa shape index (κ3) is 5.21. The molecule has 4 rings (SSSR count). The zero-order valence-corrected chi connectivity index (χ0v) is 17.5. The summed E-state index contributed by atoms with van der Waals surface area (Å²) in [6.45, 7) is -0.460. The van der Waals surface area contributed by atoms with Crippen molar-refractivity contribution in [2.24, 2.45) is 0 Å². The molecule has 1 fully saturated rings. The van der Waals surface area contributed by atoms with Gasteiger partial charge in [-0.1, -0.05) is 25.0 Å². The van der Waals surface area contributed by atoms with Gasteiger partial charge < -0.3 is 15.4 Å². The summed E-state index contributed by atoms with van der Waals surface area (Å²) in [6, 6.07) is 15.5. The van der Waals surface area contributed by atoms with Gasteiger partial charge in [0.15, 0.2) is 6.61 Å². The van der Waals surface area contributed by atoms with E-state index in [4.69, 9.17) is 4.74 Å². The second-order valence-corrected chi connectivity index (χ2v) is 7.62. The van der Waals surface area contributed by atoms with Crippen molar-refractivity contribution < 1.29 is 19.1 Å². The highest BCUT2D eigenvalue weighted by molar-refractivity contribution is 6.04. The van der Waals surface area contributed by atoms with Crippen LogP contribution in [0.15, 0.2) is 67.0 Å². The van der Waals surface area contributed by atoms with Gasteiger partial charge in [-0.15, -0.1) is 0 Å². The van der Waals surface area contributed by atoms with Crippen LogP contribution in [0.4, 0.5) is 5.69 Å². The van der Waals surface area contributed by atoms with Crippen molar-refractivity contribution in [1.29, 1.82) is 0 Å². The van der Waals surface area contributed by atoms with E-state index in [1.807, 2.05) is 0 Å². The van der Waals surface area contributed by atoms with Crippen LogP contribution in [0.2, 0.25) is 0 Å². The molecule has 2 amide bonds. The molecule has 0 spiro atoms. The van der Waals surface area contributed by atoms with Crippen molar-refractivity contribution in [2.75, 3.05) is 11.9 Å². The third-order valence-corrected chi connectivity index (χ3v) is 5.34. The molecular weight excluding hydrogens is 408 g/mol. The van der Waals surface area contributed by atoms with Gasteiger partial charge in [0.05, 0.1) is 22.5 Å². The Morgan fingerprint density at radius 2 is 1.75 bits per heavy atom. The van der Waals surface area contributed by atoms with Crippen LogP contribution >= 0.6 is 0 Å². The maximum atomic E-state index is 12.6. The Hall–Kier alpha value is -3.94. The van der Waals surface area contributed by atoms with Crippen molar-refractivity contribution >= 4 is 23.5 Å². The number of nitrogens with one attached hydrogen (secondary N) is 2. The Kier molecular flexibility index (Phi) is 6.60. The van der Waals surface area contributed by atoms with E-state index in [-0.39, 0.29) is 11.9 Å². The highest BCUT2D eigenvalue weighted by Gasteiger charge is 2.20. The van der Waals surface area contributed by atoms with E-state index < -0.39 is 18.5 Å². The first kappa shape index (κ1) is 21.3. The number of benzene rings is 2. The Labute approximate surface area is 185 Å². The first-order chi connectivity index (χ1) is 15.6. The molecule has 1 aliphatic rings. The summed E-state index contributed by atoms with van der Waals surface area (Å²) < 4.78 is 6.80. The van der Waals surface area contributed by atoms with Gasteiger partial charge in [0.1, 0.15) is 0 Å². The molecule has 32 heavy (non-hydrogen) atoms. The molecule has 164 valence electrons. The monoisotopic (exact) mass is 432 g/mol. The number of ether oxygens (including phenoxy) is 1. The number of hydrogen-bond donors (Lipinski definition) is 2. The first-order valence-electron chi connectivity index (χ1n) is 10.6. The number of amides is 2. The molecule has 8 nitrogen and oxygen atoms in total. The van der Waals surface area contributed by atoms with Gasteiger partial charge in [0, 0.05) is 18.4 Å². The van der Waals surface area contributed by atoms with Crippen molar-refractivity contribution in [3.63, 3.8) is 0 Å². The topological polar surface area (TPSA) is 102 Å². The average Bonchev–Trinajstić information content (AvgIpc) is 3.52. The second-order valence-electron chi connectivity index (χ2n) is 7.62. The average molecular weight is 432 g/mol. The van der Waals surface area contributed by atoms with Crippen LogP contribution in [-0.4, -0.2) is 40.2 Å². The summed E-state index contributed by atoms with van der Waals surface area (Å²) in [5.41, 5.74) is 1.89. The number of esters is 1. The maximum Gasteiger partial charge on any atom is 0.338 e. The molecule has 1 aliphatic carbocycles. The molecule has 0 saturated heterocycles. The zero-order chi connectivity index (χ0) is 22.3. The van der Waals surface area contributed by atoms with Crippen molar-refractivity contribution in [3.05, 3.63) is 78.1 Å². The molecule has 0 radical (unpaired) electrons. The summed E-state index contributed by atoms with van der Waals surface area (Å²) in [6.07, 6.45) is 7.63. The third-order valence-electron chi connectivity index (χ3n) is 5.34. The number of rotatable bonds is 7. The van der Waals surface area contributed by atoms with Crippen LogP contribution in [-0.2, 0) is 9.53 Å². The summed E-state index contributed by atoms with van der Waals surface area (Å²) in [5, 5.41) is 9.80. The predicted molar refractivity (Wildman–Crippen MR) is 119 cm³/mol. The second kappa shape index (κ2) is 9.91. The highest BCUT2D eigenvalue weighted by Crippen LogP contribution is 2.20. The van der Waals surface area contributed by atoms with Crippen molar-refractivity contribution in [1.82, 2.24) is 15.1 Å². The standard InChI is InChI=1S/C24H24N4O4/c29-22(16-32-24(31)17-10-12-19(13-11-17)28-15-5-14-25-28)27-21-9-4-3-8-20(21)23(30)26-18-6-1-2-7-18/h3-5,8-15,18H,1-2,6-7,16H2,(H,26,30)(H,27,29). The SMILES string of the molecule is O=C(COC(=O)c1ccc(-n2cccn2)cc1)Nc1ccccc1C(=O)NC1CCCC1. The number of carbonyl (C=O) groups is 3. The van der Waals surface area contributed by atoms with Crippen molar-refractivity contribution in [3.8, 4) is 5.69 Å². The predicted octanol–water partition coefficient (Wildman–Crippen LogP) is 3.34. The number of para-hydroxylation sites is 1. The molecule has 2 N–H and O–H groups in total. The summed E-state index contributed by atoms with van der Waals surface area (Å²) in [5.74, 6) is -1.35. The van der Waals surface area contributed by atoms with Gasteiger partial charge in [0.25, 0.3) is 11.8 Å². The van der Waals surface area contributed by atoms with E-state index in [1.54, 1.807) is 71.7 Å². The first-order valence-corrected chi connectivity index (χ1v) is 10.6. The minimum atomic E-state index is -0.612. The van der Waals surface area contributed by atoms with Crippen LogP contribution in [0.3, 0.4) is 0 Å². The molecule has 3 aromatic rings. The zero-order valence-electron chi connectivity index (χ0n) is 17.5. The molecule has 2 aromatic carbocycles. The van der Waals surface area contributed by atoms with Crippen LogP contribution in [0, 0.1) is 0 Å². The van der Waals surface area contributed by atoms with Crippen LogP contribution in [0.25, 0.3) is 5.69 Å². The fourth-order valence-electron chi connectivity index (χ4n) is 3.70. The summed E-state index contributed by atoms with van der Waals surface area (Å²) in [4.78, 5) is 37.2. The highest BCUT2D eigenvalue weighted by atomic mass is 16.5. The maximum absolute atomic E-state index is 12.6. The van der Waals surface area contributed by atoms with Crippen LogP contribution < -0.4 is 10.6 Å². The molecule has 8 heteroatoms. The molecule has 0 aliphatic heterocycles. The Bertz CT molecular complexity index is 1090. The number of carbonyl (C=O) groups excluding carboxylic acids is 3. The summed E-state index contributed by atoms with van der Waals surface area (Å²) in [7, 11) is 0. The molecule has 1 saturated carbocycles. The normalized spacial score (nSPS) is 13.5. The van der Waals surface area contributed by atoms with E-state index in [0.717, 1.165) is 31.4 Å². The Morgan fingerprint density at radius 1 is 1.00 bits per heavy atom. The lowest BCUT2D eigenvalue weighted by atomic mass is 10.1. The Balaban J connectivity index is 1.32. The molecule has 1 aromatic heterocycles. The molecule has 0 bridgehead atoms. The number of aromatic nitrogens is 2. The van der Waals surface area contributed by atoms with Gasteiger partial charge in [-0.25, -0.2) is 9.48 Å². The molecule has 1 heterocycles. The minimum absolute atomic E-state index is 0.173. The van der Waals surface area contributed by atoms with E-state index in [9.17, 15) is 14.4 Å². The Morgan fingerprint density at radius 3 is 2.47 bits per heavy atom. The van der Waals surface area contributed by atoms with Gasteiger partial charge in [0.2, 0.25) is 0 Å². The van der Waals surface area contributed by atoms with Gasteiger partial charge >= 0.3 is 5.97 Å². The number of anilines is 1. The minimum Gasteiger partial charge on any atom is -0.452 e. The smallest absolute Gasteiger partial charge is 0.338 e. The molecule has 0 unspecified atom stereocenters. The number of hydrogen-bond acceptors (Lipinski definition) is 5. The number of nitrogens with zero attached hydrogens (tertiary/aromatic N) is 2. The van der Waals surface area contributed by atoms with Crippen molar-refractivity contribution in [2.45, 2.75) is 31.7 Å². The lowest BCUT2D eigenvalue weighted by Crippen LogP contribution is -2.33. The van der Waals surface area contributed by atoms with E-state index in [0.29, 0.717) is 16.8 Å². The fourth-order valence-corrected chi connectivity index (χ4v) is 3.70. The lowest BCUT2D eigenvalue weighted by Gasteiger charge is -2.15. The molecular formula is C24H24N4O4. The lowest BCUT2D eigenvalue weighted by molar-refractivity contribution is -0.119. The summed E-state index contributed by atoms with van der Waals surface area (Å²) >= 11 is 0. The van der Waals surface area contributed by atoms with Gasteiger partial charge in [-0.3, -0.25) is 9.59 Å². The fraction of sp³-hybridized carbons (Fsp3) is 0.250. The van der Waals surface area contributed by atoms with E-state index in [1.165, 1.54) is 0 Å². The van der Waals surface area contributed by atoms with Crippen LogP contribution in [0.1, 0.15) is 46.4 Å². The van der Waals surface area contributed by atoms with E-state index >= 15 is 0 Å².